The lowest BCUT2D eigenvalue weighted by molar-refractivity contribution is -0.275. The fourth-order valence-electron chi connectivity index (χ4n) is 7.02. The highest BCUT2D eigenvalue weighted by atomic mass is 16.6. The maximum atomic E-state index is 12.0. The molecular formula is C48H48O7. The van der Waals surface area contributed by atoms with Crippen molar-refractivity contribution in [3.05, 3.63) is 209 Å². The van der Waals surface area contributed by atoms with Crippen LogP contribution >= 0.6 is 0 Å². The van der Waals surface area contributed by atoms with Crippen molar-refractivity contribution in [3.8, 4) is 5.75 Å². The average Bonchev–Trinajstić information content (AvgIpc) is 3.25. The molecule has 1 aliphatic rings. The quantitative estimate of drug-likeness (QED) is 0.100. The molecule has 6 aromatic carbocycles. The smallest absolute Gasteiger partial charge is 0.118 e. The minimum atomic E-state index is -0.941. The van der Waals surface area contributed by atoms with Gasteiger partial charge in [-0.1, -0.05) is 158 Å². The van der Waals surface area contributed by atoms with E-state index in [4.69, 9.17) is 28.4 Å². The monoisotopic (exact) mass is 736 g/mol. The molecule has 6 aromatic rings. The van der Waals surface area contributed by atoms with Crippen molar-refractivity contribution in [3.63, 3.8) is 0 Å². The Balaban J connectivity index is 1.28. The van der Waals surface area contributed by atoms with Crippen LogP contribution in [0.3, 0.4) is 0 Å². The number of ether oxygens (including phenoxy) is 6. The van der Waals surface area contributed by atoms with Gasteiger partial charge >= 0.3 is 0 Å². The first-order chi connectivity index (χ1) is 27.2. The third-order valence-corrected chi connectivity index (χ3v) is 9.91. The van der Waals surface area contributed by atoms with Crippen molar-refractivity contribution in [2.45, 2.75) is 63.1 Å². The summed E-state index contributed by atoms with van der Waals surface area (Å²) in [7, 11) is 1.63. The Kier molecular flexibility index (Phi) is 13.5. The summed E-state index contributed by atoms with van der Waals surface area (Å²) in [5, 5.41) is 12.0. The summed E-state index contributed by atoms with van der Waals surface area (Å²) in [6, 6.07) is 55.7. The van der Waals surface area contributed by atoms with E-state index in [1.165, 1.54) is 0 Å². The molecule has 0 amide bonds. The SMILES string of the molecule is COc1ccc(C(O)c2ccccc2[C@@H]2O[C@H](COCc3ccccc3)[C@@H](OCc3ccccc3)[C@H](OCc3ccccc3)[C@H]2OCc2ccccc2)cc1. The molecule has 1 fully saturated rings. The maximum absolute atomic E-state index is 12.0. The largest absolute Gasteiger partial charge is 0.497 e. The first-order valence-corrected chi connectivity index (χ1v) is 18.8. The van der Waals surface area contributed by atoms with Crippen LogP contribution in [0.25, 0.3) is 0 Å². The average molecular weight is 737 g/mol. The molecule has 0 aromatic heterocycles. The molecule has 0 radical (unpaired) electrons. The Hall–Kier alpha value is -5.12. The summed E-state index contributed by atoms with van der Waals surface area (Å²) >= 11 is 0. The van der Waals surface area contributed by atoms with E-state index in [2.05, 4.69) is 12.1 Å². The number of hydrogen-bond acceptors (Lipinski definition) is 7. The Labute approximate surface area is 324 Å². The lowest BCUT2D eigenvalue weighted by atomic mass is 9.86. The Morgan fingerprint density at radius 3 is 1.49 bits per heavy atom. The molecule has 0 saturated carbocycles. The van der Waals surface area contributed by atoms with Crippen LogP contribution in [0.4, 0.5) is 0 Å². The number of aliphatic hydroxyl groups excluding tert-OH is 1. The van der Waals surface area contributed by atoms with Crippen molar-refractivity contribution >= 4 is 0 Å². The number of aliphatic hydroxyl groups is 1. The zero-order chi connectivity index (χ0) is 37.7. The molecule has 0 aliphatic carbocycles. The van der Waals surface area contributed by atoms with Crippen LogP contribution in [0.1, 0.15) is 51.2 Å². The van der Waals surface area contributed by atoms with E-state index < -0.39 is 36.6 Å². The predicted octanol–water partition coefficient (Wildman–Crippen LogP) is 9.19. The summed E-state index contributed by atoms with van der Waals surface area (Å²) < 4.78 is 39.7. The molecule has 0 bridgehead atoms. The van der Waals surface area contributed by atoms with Gasteiger partial charge in [-0.2, -0.15) is 0 Å². The molecule has 1 unspecified atom stereocenters. The van der Waals surface area contributed by atoms with Gasteiger partial charge in [-0.15, -0.1) is 0 Å². The van der Waals surface area contributed by atoms with E-state index in [1.54, 1.807) is 7.11 Å². The van der Waals surface area contributed by atoms with Gasteiger partial charge in [-0.3, -0.25) is 0 Å². The van der Waals surface area contributed by atoms with Gasteiger partial charge < -0.3 is 33.5 Å². The van der Waals surface area contributed by atoms with Crippen LogP contribution in [-0.4, -0.2) is 43.2 Å². The Morgan fingerprint density at radius 2 is 0.964 bits per heavy atom. The van der Waals surface area contributed by atoms with E-state index in [-0.39, 0.29) is 6.61 Å². The van der Waals surface area contributed by atoms with Crippen LogP contribution in [0.5, 0.6) is 5.75 Å². The van der Waals surface area contributed by atoms with Crippen LogP contribution in [-0.2, 0) is 50.1 Å². The van der Waals surface area contributed by atoms with Gasteiger partial charge in [0.15, 0.2) is 0 Å². The molecule has 6 atom stereocenters. The summed E-state index contributed by atoms with van der Waals surface area (Å²) in [5.74, 6) is 0.715. The third kappa shape index (κ3) is 10.1. The predicted molar refractivity (Wildman–Crippen MR) is 212 cm³/mol. The van der Waals surface area contributed by atoms with Crippen molar-refractivity contribution in [2.75, 3.05) is 13.7 Å². The highest BCUT2D eigenvalue weighted by Gasteiger charge is 2.49. The van der Waals surface area contributed by atoms with Gasteiger partial charge in [0.2, 0.25) is 0 Å². The van der Waals surface area contributed by atoms with Gasteiger partial charge in [0, 0.05) is 0 Å². The van der Waals surface area contributed by atoms with Gasteiger partial charge in [0.1, 0.15) is 42.4 Å². The third-order valence-electron chi connectivity index (χ3n) is 9.91. The summed E-state index contributed by atoms with van der Waals surface area (Å²) in [5.41, 5.74) is 6.38. The molecule has 7 heteroatoms. The first kappa shape index (κ1) is 38.2. The summed E-state index contributed by atoms with van der Waals surface area (Å²) in [6.45, 7) is 1.65. The van der Waals surface area contributed by atoms with Gasteiger partial charge in [0.25, 0.3) is 0 Å². The summed E-state index contributed by atoms with van der Waals surface area (Å²) in [4.78, 5) is 0. The lowest BCUT2D eigenvalue weighted by Crippen LogP contribution is -2.58. The first-order valence-electron chi connectivity index (χ1n) is 18.8. The molecular weight excluding hydrogens is 689 g/mol. The zero-order valence-corrected chi connectivity index (χ0v) is 31.1. The topological polar surface area (TPSA) is 75.6 Å². The van der Waals surface area contributed by atoms with Crippen LogP contribution in [0.2, 0.25) is 0 Å². The molecule has 282 valence electrons. The van der Waals surface area contributed by atoms with E-state index in [9.17, 15) is 5.11 Å². The van der Waals surface area contributed by atoms with Crippen LogP contribution < -0.4 is 4.74 Å². The van der Waals surface area contributed by atoms with Crippen LogP contribution in [0.15, 0.2) is 170 Å². The molecule has 7 rings (SSSR count). The lowest BCUT2D eigenvalue weighted by Gasteiger charge is -2.47. The molecule has 7 nitrogen and oxygen atoms in total. The van der Waals surface area contributed by atoms with E-state index in [1.807, 2.05) is 158 Å². The number of rotatable bonds is 17. The molecule has 1 heterocycles. The van der Waals surface area contributed by atoms with Gasteiger partial charge in [0.05, 0.1) is 40.1 Å². The van der Waals surface area contributed by atoms with Crippen LogP contribution in [0, 0.1) is 0 Å². The van der Waals surface area contributed by atoms with Gasteiger partial charge in [-0.25, -0.2) is 0 Å². The molecule has 1 saturated heterocycles. The van der Waals surface area contributed by atoms with E-state index >= 15 is 0 Å². The second kappa shape index (κ2) is 19.5. The molecule has 0 spiro atoms. The number of hydrogen-bond donors (Lipinski definition) is 1. The number of benzene rings is 6. The number of methoxy groups -OCH3 is 1. The fourth-order valence-corrected chi connectivity index (χ4v) is 7.02. The van der Waals surface area contributed by atoms with Crippen molar-refractivity contribution in [1.29, 1.82) is 0 Å². The molecule has 1 aliphatic heterocycles. The normalized spacial score (nSPS) is 20.1. The van der Waals surface area contributed by atoms with Crippen molar-refractivity contribution in [2.24, 2.45) is 0 Å². The minimum Gasteiger partial charge on any atom is -0.497 e. The van der Waals surface area contributed by atoms with Crippen molar-refractivity contribution in [1.82, 2.24) is 0 Å². The second-order valence-electron chi connectivity index (χ2n) is 13.7. The fraction of sp³-hybridized carbons (Fsp3) is 0.250. The summed E-state index contributed by atoms with van der Waals surface area (Å²) in [6.07, 6.45) is -3.96. The second-order valence-corrected chi connectivity index (χ2v) is 13.7. The molecule has 1 N–H and O–H groups in total. The minimum absolute atomic E-state index is 0.241. The van der Waals surface area contributed by atoms with Gasteiger partial charge in [-0.05, 0) is 51.1 Å². The maximum Gasteiger partial charge on any atom is 0.118 e. The van der Waals surface area contributed by atoms with E-state index in [0.717, 1.165) is 33.4 Å². The Bertz CT molecular complexity index is 1990. The Morgan fingerprint density at radius 1 is 0.509 bits per heavy atom. The van der Waals surface area contributed by atoms with Crippen molar-refractivity contribution < 1.29 is 33.5 Å². The molecule has 55 heavy (non-hydrogen) atoms. The highest BCUT2D eigenvalue weighted by molar-refractivity contribution is 5.40. The zero-order valence-electron chi connectivity index (χ0n) is 31.1. The van der Waals surface area contributed by atoms with E-state index in [0.29, 0.717) is 37.7 Å². The standard InChI is InChI=1S/C48H48O7/c1-50-40-28-26-39(27-29-40)44(49)41-24-14-15-25-42(41)45-47(53-32-37-20-10-4-11-21-37)48(54-33-38-22-12-5-13-23-38)46(52-31-36-18-8-3-9-19-36)43(55-45)34-51-30-35-16-6-2-7-17-35/h2-29,43-49H,30-34H2,1H3/t43-,44?,45+,46-,47+,48+/m1/s1. The highest BCUT2D eigenvalue weighted by Crippen LogP contribution is 2.42.